The number of amides is 2. The van der Waals surface area contributed by atoms with E-state index in [-0.39, 0.29) is 36.6 Å². The quantitative estimate of drug-likeness (QED) is 0.573. The van der Waals surface area contributed by atoms with Gasteiger partial charge in [-0.05, 0) is 38.5 Å². The average molecular weight is 406 g/mol. The zero-order valence-corrected chi connectivity index (χ0v) is 16.8. The van der Waals surface area contributed by atoms with Gasteiger partial charge in [0.05, 0.1) is 43.2 Å². The number of benzene rings is 1. The van der Waals surface area contributed by atoms with Crippen molar-refractivity contribution in [3.63, 3.8) is 0 Å². The van der Waals surface area contributed by atoms with Gasteiger partial charge in [0.25, 0.3) is 0 Å². The zero-order chi connectivity index (χ0) is 21.2. The van der Waals surface area contributed by atoms with Crippen LogP contribution in [0.15, 0.2) is 29.5 Å². The van der Waals surface area contributed by atoms with Crippen molar-refractivity contribution < 1.29 is 33.3 Å². The van der Waals surface area contributed by atoms with Gasteiger partial charge >= 0.3 is 18.0 Å². The average Bonchev–Trinajstić information content (AvgIpc) is 2.71. The van der Waals surface area contributed by atoms with E-state index in [4.69, 9.17) is 18.9 Å². The molecule has 29 heavy (non-hydrogen) atoms. The molecule has 0 aliphatic carbocycles. The van der Waals surface area contributed by atoms with Crippen LogP contribution >= 0.6 is 0 Å². The molecule has 0 bridgehead atoms. The van der Waals surface area contributed by atoms with Crippen LogP contribution in [0.1, 0.15) is 37.6 Å². The summed E-state index contributed by atoms with van der Waals surface area (Å²) in [5.74, 6) is -0.223. The molecule has 0 fully saturated rings. The van der Waals surface area contributed by atoms with Crippen molar-refractivity contribution in [1.29, 1.82) is 0 Å². The highest BCUT2D eigenvalue weighted by Crippen LogP contribution is 2.29. The fraction of sp³-hybridized carbons (Fsp3) is 0.450. The van der Waals surface area contributed by atoms with Gasteiger partial charge in [-0.1, -0.05) is 6.92 Å². The van der Waals surface area contributed by atoms with E-state index in [9.17, 15) is 14.4 Å². The Labute approximate surface area is 169 Å². The molecule has 0 aromatic heterocycles. The molecule has 2 N–H and O–H groups in total. The first-order chi connectivity index (χ1) is 14.0. The van der Waals surface area contributed by atoms with Crippen LogP contribution in [0.4, 0.5) is 4.79 Å². The van der Waals surface area contributed by atoms with Gasteiger partial charge in [0.1, 0.15) is 6.61 Å². The van der Waals surface area contributed by atoms with Gasteiger partial charge in [-0.25, -0.2) is 14.4 Å². The molecule has 1 aliphatic heterocycles. The van der Waals surface area contributed by atoms with Crippen LogP contribution in [0.25, 0.3) is 0 Å². The monoisotopic (exact) mass is 406 g/mol. The summed E-state index contributed by atoms with van der Waals surface area (Å²) in [5.41, 5.74) is 0.655. The Balaban J connectivity index is 2.13. The Kier molecular flexibility index (Phi) is 8.32. The number of carbonyl (C=O) groups excluding carboxylic acids is 3. The maximum absolute atomic E-state index is 12.5. The minimum atomic E-state index is -0.628. The largest absolute Gasteiger partial charge is 0.490 e. The standard InChI is InChI=1S/C20H26N2O7/c1-4-9-28-16-8-7-13(10-17(16)26-5-2)18(23)29-12-15-14(19(24)27-6-3)11-21-20(25)22-15/h7-8,10H,4-6,9,11-12H2,1-3H3,(H2,21,22,25). The lowest BCUT2D eigenvalue weighted by molar-refractivity contribution is -0.138. The summed E-state index contributed by atoms with van der Waals surface area (Å²) in [6, 6.07) is 4.27. The summed E-state index contributed by atoms with van der Waals surface area (Å²) < 4.78 is 21.4. The first kappa shape index (κ1) is 22.1. The second kappa shape index (κ2) is 10.9. The van der Waals surface area contributed by atoms with Crippen molar-refractivity contribution >= 4 is 18.0 Å². The molecule has 2 rings (SSSR count). The molecule has 0 atom stereocenters. The van der Waals surface area contributed by atoms with E-state index < -0.39 is 18.0 Å². The Hall–Kier alpha value is -3.23. The number of hydrogen-bond acceptors (Lipinski definition) is 7. The molecule has 9 nitrogen and oxygen atoms in total. The number of ether oxygens (including phenoxy) is 4. The molecule has 1 aromatic rings. The van der Waals surface area contributed by atoms with Crippen LogP contribution < -0.4 is 20.1 Å². The first-order valence-electron chi connectivity index (χ1n) is 9.50. The molecule has 0 saturated heterocycles. The van der Waals surface area contributed by atoms with Crippen molar-refractivity contribution in [2.45, 2.75) is 27.2 Å². The number of rotatable bonds is 10. The summed E-state index contributed by atoms with van der Waals surface area (Å²) in [6.45, 7) is 6.35. The Bertz CT molecular complexity index is 789. The van der Waals surface area contributed by atoms with Gasteiger partial charge in [-0.15, -0.1) is 0 Å². The van der Waals surface area contributed by atoms with Crippen molar-refractivity contribution in [3.05, 3.63) is 35.0 Å². The topological polar surface area (TPSA) is 112 Å². The van der Waals surface area contributed by atoms with Gasteiger partial charge in [0, 0.05) is 0 Å². The van der Waals surface area contributed by atoms with Crippen molar-refractivity contribution in [3.8, 4) is 11.5 Å². The smallest absolute Gasteiger partial charge is 0.338 e. The summed E-state index contributed by atoms with van der Waals surface area (Å²) in [5, 5.41) is 4.97. The second-order valence-electron chi connectivity index (χ2n) is 6.00. The highest BCUT2D eigenvalue weighted by atomic mass is 16.5. The van der Waals surface area contributed by atoms with Gasteiger partial charge in [-0.3, -0.25) is 0 Å². The molecule has 1 aliphatic rings. The maximum atomic E-state index is 12.5. The number of esters is 2. The van der Waals surface area contributed by atoms with E-state index in [0.717, 1.165) is 6.42 Å². The van der Waals surface area contributed by atoms with E-state index >= 15 is 0 Å². The second-order valence-corrected chi connectivity index (χ2v) is 6.00. The molecule has 158 valence electrons. The number of nitrogens with one attached hydrogen (secondary N) is 2. The van der Waals surface area contributed by atoms with Gasteiger partial charge in [-0.2, -0.15) is 0 Å². The molecule has 0 saturated carbocycles. The lowest BCUT2D eigenvalue weighted by Crippen LogP contribution is -2.45. The molecule has 1 aromatic carbocycles. The number of urea groups is 1. The fourth-order valence-electron chi connectivity index (χ4n) is 2.52. The predicted octanol–water partition coefficient (Wildman–Crippen LogP) is 2.16. The summed E-state index contributed by atoms with van der Waals surface area (Å²) in [4.78, 5) is 36.1. The maximum Gasteiger partial charge on any atom is 0.338 e. The minimum Gasteiger partial charge on any atom is -0.490 e. The summed E-state index contributed by atoms with van der Waals surface area (Å²) in [6.07, 6.45) is 0.841. The molecule has 0 radical (unpaired) electrons. The summed E-state index contributed by atoms with van der Waals surface area (Å²) in [7, 11) is 0. The molecular formula is C20H26N2O7. The first-order valence-corrected chi connectivity index (χ1v) is 9.50. The normalized spacial score (nSPS) is 13.3. The number of hydrogen-bond donors (Lipinski definition) is 2. The van der Waals surface area contributed by atoms with Crippen molar-refractivity contribution in [1.82, 2.24) is 10.6 Å². The van der Waals surface area contributed by atoms with E-state index in [2.05, 4.69) is 10.6 Å². The third kappa shape index (κ3) is 6.13. The lowest BCUT2D eigenvalue weighted by Gasteiger charge is -2.21. The predicted molar refractivity (Wildman–Crippen MR) is 104 cm³/mol. The lowest BCUT2D eigenvalue weighted by atomic mass is 10.1. The highest BCUT2D eigenvalue weighted by Gasteiger charge is 2.25. The Morgan fingerprint density at radius 3 is 2.48 bits per heavy atom. The molecule has 2 amide bonds. The van der Waals surface area contributed by atoms with Gasteiger partial charge in [0.2, 0.25) is 0 Å². The molecular weight excluding hydrogens is 380 g/mol. The molecule has 0 spiro atoms. The zero-order valence-electron chi connectivity index (χ0n) is 16.8. The van der Waals surface area contributed by atoms with E-state index in [1.165, 1.54) is 0 Å². The Morgan fingerprint density at radius 1 is 1.00 bits per heavy atom. The molecule has 9 heteroatoms. The molecule has 1 heterocycles. The van der Waals surface area contributed by atoms with Crippen LogP contribution in [-0.4, -0.2) is 50.9 Å². The minimum absolute atomic E-state index is 0.00446. The highest BCUT2D eigenvalue weighted by molar-refractivity contribution is 5.94. The fourth-order valence-corrected chi connectivity index (χ4v) is 2.52. The molecule has 0 unspecified atom stereocenters. The van der Waals surface area contributed by atoms with Crippen molar-refractivity contribution in [2.24, 2.45) is 0 Å². The van der Waals surface area contributed by atoms with E-state index in [1.807, 2.05) is 13.8 Å². The van der Waals surface area contributed by atoms with Crippen LogP contribution in [0.2, 0.25) is 0 Å². The van der Waals surface area contributed by atoms with Crippen LogP contribution in [0.3, 0.4) is 0 Å². The SMILES string of the molecule is CCCOc1ccc(C(=O)OCC2=C(C(=O)OCC)CNC(=O)N2)cc1OCC. The van der Waals surface area contributed by atoms with Gasteiger partial charge in [0.15, 0.2) is 11.5 Å². The van der Waals surface area contributed by atoms with E-state index in [1.54, 1.807) is 25.1 Å². The van der Waals surface area contributed by atoms with Crippen LogP contribution in [0.5, 0.6) is 11.5 Å². The Morgan fingerprint density at radius 2 is 1.79 bits per heavy atom. The van der Waals surface area contributed by atoms with Gasteiger partial charge < -0.3 is 29.6 Å². The summed E-state index contributed by atoms with van der Waals surface area (Å²) >= 11 is 0. The third-order valence-electron chi connectivity index (χ3n) is 3.86. The van der Waals surface area contributed by atoms with Crippen LogP contribution in [0, 0.1) is 0 Å². The van der Waals surface area contributed by atoms with Crippen LogP contribution in [-0.2, 0) is 14.3 Å². The van der Waals surface area contributed by atoms with Crippen molar-refractivity contribution in [2.75, 3.05) is 33.0 Å². The number of carbonyl (C=O) groups is 3. The third-order valence-corrected chi connectivity index (χ3v) is 3.86. The van der Waals surface area contributed by atoms with E-state index in [0.29, 0.717) is 24.7 Å².